The van der Waals surface area contributed by atoms with Crippen LogP contribution in [-0.4, -0.2) is 17.9 Å². The van der Waals surface area contributed by atoms with Crippen molar-refractivity contribution >= 4 is 22.6 Å². The van der Waals surface area contributed by atoms with Gasteiger partial charge in [-0.2, -0.15) is 0 Å². The molecule has 7 nitrogen and oxygen atoms in total. The van der Waals surface area contributed by atoms with E-state index in [0.717, 1.165) is 0 Å². The molecule has 0 aliphatic rings. The van der Waals surface area contributed by atoms with Crippen LogP contribution in [0.5, 0.6) is 5.75 Å². The lowest BCUT2D eigenvalue weighted by atomic mass is 10.2. The summed E-state index contributed by atoms with van der Waals surface area (Å²) in [6.07, 6.45) is 0. The Balaban J connectivity index is 2.76. The summed E-state index contributed by atoms with van der Waals surface area (Å²) in [7, 11) is 1.29. The molecule has 2 N–H and O–H groups in total. The summed E-state index contributed by atoms with van der Waals surface area (Å²) in [4.78, 5) is 21.1. The minimum atomic E-state index is -0.745. The van der Waals surface area contributed by atoms with E-state index < -0.39 is 10.8 Å². The Kier molecular flexibility index (Phi) is 2.43. The molecule has 0 aliphatic heterocycles. The lowest BCUT2D eigenvalue weighted by Crippen LogP contribution is -2.08. The molecular formula is C10H8N2O5. The summed E-state index contributed by atoms with van der Waals surface area (Å²) < 4.78 is 10.1. The molecule has 2 aromatic rings. The number of rotatable bonds is 3. The van der Waals surface area contributed by atoms with E-state index >= 15 is 0 Å². The maximum absolute atomic E-state index is 10.9. The van der Waals surface area contributed by atoms with Crippen LogP contribution in [0.1, 0.15) is 10.6 Å². The average Bonchev–Trinajstić information content (AvgIpc) is 2.70. The number of benzene rings is 1. The predicted molar refractivity (Wildman–Crippen MR) is 57.9 cm³/mol. The highest BCUT2D eigenvalue weighted by atomic mass is 16.6. The highest BCUT2D eigenvalue weighted by molar-refractivity contribution is 5.97. The van der Waals surface area contributed by atoms with Crippen molar-refractivity contribution in [2.45, 2.75) is 0 Å². The quantitative estimate of drug-likeness (QED) is 0.640. The van der Waals surface area contributed by atoms with Crippen molar-refractivity contribution in [3.8, 4) is 5.75 Å². The second-order valence-electron chi connectivity index (χ2n) is 3.27. The van der Waals surface area contributed by atoms with Gasteiger partial charge in [-0.15, -0.1) is 0 Å². The molecule has 0 spiro atoms. The van der Waals surface area contributed by atoms with Crippen molar-refractivity contribution in [1.29, 1.82) is 0 Å². The number of methoxy groups -OCH3 is 1. The first-order valence-corrected chi connectivity index (χ1v) is 4.59. The number of ether oxygens (including phenoxy) is 1. The number of nitrogens with two attached hydrogens (primary N) is 1. The molecule has 1 aromatic heterocycles. The number of amides is 1. The van der Waals surface area contributed by atoms with Crippen LogP contribution in [0.3, 0.4) is 0 Å². The molecule has 0 saturated carbocycles. The third-order valence-electron chi connectivity index (χ3n) is 2.26. The van der Waals surface area contributed by atoms with Crippen molar-refractivity contribution < 1.29 is 18.9 Å². The molecule has 0 radical (unpaired) electrons. The number of carbonyl (C=O) groups is 1. The van der Waals surface area contributed by atoms with Gasteiger partial charge in [0.05, 0.1) is 12.0 Å². The second-order valence-corrected chi connectivity index (χ2v) is 3.27. The van der Waals surface area contributed by atoms with Crippen LogP contribution in [0.15, 0.2) is 22.6 Å². The molecular weight excluding hydrogens is 228 g/mol. The van der Waals surface area contributed by atoms with E-state index in [0.29, 0.717) is 5.39 Å². The zero-order chi connectivity index (χ0) is 12.6. The van der Waals surface area contributed by atoms with Crippen LogP contribution in [0, 0.1) is 10.1 Å². The summed E-state index contributed by atoms with van der Waals surface area (Å²) in [5.74, 6) is -0.843. The maximum atomic E-state index is 10.9. The largest absolute Gasteiger partial charge is 0.488 e. The van der Waals surface area contributed by atoms with E-state index in [1.807, 2.05) is 0 Å². The van der Waals surface area contributed by atoms with Gasteiger partial charge in [0.2, 0.25) is 5.75 Å². The van der Waals surface area contributed by atoms with E-state index in [-0.39, 0.29) is 22.8 Å². The smallest absolute Gasteiger partial charge is 0.314 e. The molecule has 1 amide bonds. The van der Waals surface area contributed by atoms with Crippen molar-refractivity contribution in [3.05, 3.63) is 34.1 Å². The number of hydrogen-bond donors (Lipinski definition) is 1. The van der Waals surface area contributed by atoms with Crippen molar-refractivity contribution in [2.75, 3.05) is 7.11 Å². The van der Waals surface area contributed by atoms with E-state index in [9.17, 15) is 14.9 Å². The standard InChI is InChI=1S/C10H8N2O5/c1-16-9-6(12(14)15)3-2-5-4-7(10(11)13)17-8(5)9/h2-4H,1H3,(H2,11,13). The number of fused-ring (bicyclic) bond motifs is 1. The Morgan fingerprint density at radius 3 is 2.76 bits per heavy atom. The van der Waals surface area contributed by atoms with E-state index in [1.54, 1.807) is 0 Å². The molecule has 88 valence electrons. The Morgan fingerprint density at radius 2 is 2.24 bits per heavy atom. The van der Waals surface area contributed by atoms with E-state index in [1.165, 1.54) is 25.3 Å². The molecule has 0 bridgehead atoms. The van der Waals surface area contributed by atoms with E-state index in [4.69, 9.17) is 14.9 Å². The van der Waals surface area contributed by atoms with Crippen LogP contribution in [0.2, 0.25) is 0 Å². The fourth-order valence-corrected chi connectivity index (χ4v) is 1.53. The van der Waals surface area contributed by atoms with Gasteiger partial charge >= 0.3 is 5.69 Å². The number of nitro groups is 1. The molecule has 0 atom stereocenters. The van der Waals surface area contributed by atoms with Gasteiger partial charge in [0.25, 0.3) is 5.91 Å². The van der Waals surface area contributed by atoms with Gasteiger partial charge in [0.15, 0.2) is 11.3 Å². The third-order valence-corrected chi connectivity index (χ3v) is 2.26. The lowest BCUT2D eigenvalue weighted by molar-refractivity contribution is -0.385. The van der Waals surface area contributed by atoms with Crippen molar-refractivity contribution in [1.82, 2.24) is 0 Å². The maximum Gasteiger partial charge on any atom is 0.314 e. The molecule has 1 heterocycles. The Hall–Kier alpha value is -2.57. The summed E-state index contributed by atoms with van der Waals surface area (Å²) in [6.45, 7) is 0. The van der Waals surface area contributed by atoms with Gasteiger partial charge in [-0.05, 0) is 12.1 Å². The number of carbonyl (C=O) groups excluding carboxylic acids is 1. The first-order chi connectivity index (χ1) is 8.04. The predicted octanol–water partition coefficient (Wildman–Crippen LogP) is 1.45. The topological polar surface area (TPSA) is 109 Å². The SMILES string of the molecule is COc1c([N+](=O)[O-])ccc2cc(C(N)=O)oc12. The zero-order valence-corrected chi connectivity index (χ0v) is 8.80. The third kappa shape index (κ3) is 1.67. The van der Waals surface area contributed by atoms with Crippen LogP contribution in [-0.2, 0) is 0 Å². The highest BCUT2D eigenvalue weighted by Crippen LogP contribution is 2.36. The molecule has 7 heteroatoms. The monoisotopic (exact) mass is 236 g/mol. The summed E-state index contributed by atoms with van der Waals surface area (Å²) in [5.41, 5.74) is 4.96. The lowest BCUT2D eigenvalue weighted by Gasteiger charge is -2.01. The molecule has 0 saturated heterocycles. The second kappa shape index (κ2) is 3.78. The normalized spacial score (nSPS) is 10.4. The first kappa shape index (κ1) is 10.9. The average molecular weight is 236 g/mol. The number of hydrogen-bond acceptors (Lipinski definition) is 5. The minimum absolute atomic E-state index is 0.0278. The number of nitro benzene ring substituents is 1. The number of nitrogens with zero attached hydrogens (tertiary/aromatic N) is 1. The molecule has 0 fully saturated rings. The summed E-state index contributed by atoms with van der Waals surface area (Å²) >= 11 is 0. The van der Waals surface area contributed by atoms with E-state index in [2.05, 4.69) is 0 Å². The Morgan fingerprint density at radius 1 is 1.53 bits per heavy atom. The highest BCUT2D eigenvalue weighted by Gasteiger charge is 2.22. The van der Waals surface area contributed by atoms with Gasteiger partial charge in [-0.1, -0.05) is 0 Å². The van der Waals surface area contributed by atoms with Gasteiger partial charge in [0.1, 0.15) is 0 Å². The van der Waals surface area contributed by atoms with Crippen molar-refractivity contribution in [2.24, 2.45) is 5.73 Å². The van der Waals surface area contributed by atoms with Crippen LogP contribution < -0.4 is 10.5 Å². The molecule has 17 heavy (non-hydrogen) atoms. The number of furan rings is 1. The zero-order valence-electron chi connectivity index (χ0n) is 8.80. The van der Waals surface area contributed by atoms with Crippen LogP contribution in [0.25, 0.3) is 11.0 Å². The fourth-order valence-electron chi connectivity index (χ4n) is 1.53. The summed E-state index contributed by atoms with van der Waals surface area (Å²) in [6, 6.07) is 4.15. The number of primary amides is 1. The molecule has 0 unspecified atom stereocenters. The van der Waals surface area contributed by atoms with Gasteiger partial charge in [-0.3, -0.25) is 14.9 Å². The summed E-state index contributed by atoms with van der Waals surface area (Å²) in [5, 5.41) is 11.3. The van der Waals surface area contributed by atoms with Gasteiger partial charge in [0, 0.05) is 11.5 Å². The molecule has 0 aliphatic carbocycles. The van der Waals surface area contributed by atoms with Crippen molar-refractivity contribution in [3.63, 3.8) is 0 Å². The van der Waals surface area contributed by atoms with Gasteiger partial charge in [-0.25, -0.2) is 0 Å². The first-order valence-electron chi connectivity index (χ1n) is 4.59. The Bertz CT molecular complexity index is 616. The molecule has 2 rings (SSSR count). The van der Waals surface area contributed by atoms with Gasteiger partial charge < -0.3 is 14.9 Å². The Labute approximate surface area is 94.9 Å². The van der Waals surface area contributed by atoms with Crippen LogP contribution in [0.4, 0.5) is 5.69 Å². The molecule has 1 aromatic carbocycles. The fraction of sp³-hybridized carbons (Fsp3) is 0.100. The van der Waals surface area contributed by atoms with Crippen LogP contribution >= 0.6 is 0 Å². The minimum Gasteiger partial charge on any atom is -0.488 e.